The van der Waals surface area contributed by atoms with E-state index in [9.17, 15) is 35.9 Å². The fourth-order valence-corrected chi connectivity index (χ4v) is 1.29. The van der Waals surface area contributed by atoms with Crippen LogP contribution in [-0.2, 0) is 10.9 Å². The van der Waals surface area contributed by atoms with Crippen LogP contribution in [0.1, 0.15) is 23.0 Å². The number of halogens is 6. The van der Waals surface area contributed by atoms with Gasteiger partial charge in [0.15, 0.2) is 5.69 Å². The summed E-state index contributed by atoms with van der Waals surface area (Å²) in [7, 11) is 0. The Balaban J connectivity index is 3.50. The SMILES string of the molecule is CCOC(=O)c1[nH]cc(C(F)(F)F)c(=O)c1OC(F)(F)F. The number of H-pyrrole nitrogens is 1. The largest absolute Gasteiger partial charge is 0.573 e. The number of aromatic amines is 1. The van der Waals surface area contributed by atoms with Crippen molar-refractivity contribution < 1.29 is 40.6 Å². The van der Waals surface area contributed by atoms with Gasteiger partial charge in [0.25, 0.3) is 0 Å². The molecule has 21 heavy (non-hydrogen) atoms. The van der Waals surface area contributed by atoms with E-state index in [0.717, 1.165) is 0 Å². The van der Waals surface area contributed by atoms with Gasteiger partial charge in [0.05, 0.1) is 6.61 Å². The molecule has 1 N–H and O–H groups in total. The summed E-state index contributed by atoms with van der Waals surface area (Å²) in [6, 6.07) is 0. The number of esters is 1. The number of hydrogen-bond donors (Lipinski definition) is 1. The van der Waals surface area contributed by atoms with Gasteiger partial charge in [-0.3, -0.25) is 4.79 Å². The van der Waals surface area contributed by atoms with Crippen LogP contribution in [0.3, 0.4) is 0 Å². The lowest BCUT2D eigenvalue weighted by molar-refractivity contribution is -0.275. The van der Waals surface area contributed by atoms with Crippen molar-refractivity contribution in [1.29, 1.82) is 0 Å². The summed E-state index contributed by atoms with van der Waals surface area (Å²) >= 11 is 0. The van der Waals surface area contributed by atoms with E-state index in [4.69, 9.17) is 0 Å². The van der Waals surface area contributed by atoms with E-state index in [0.29, 0.717) is 0 Å². The topological polar surface area (TPSA) is 68.4 Å². The molecule has 0 spiro atoms. The second kappa shape index (κ2) is 5.66. The molecule has 1 aromatic rings. The number of hydrogen-bond acceptors (Lipinski definition) is 4. The molecular weight excluding hydrogens is 312 g/mol. The lowest BCUT2D eigenvalue weighted by Crippen LogP contribution is -2.29. The Morgan fingerprint density at radius 1 is 1.24 bits per heavy atom. The van der Waals surface area contributed by atoms with Crippen LogP contribution in [0.25, 0.3) is 0 Å². The molecule has 0 aliphatic heterocycles. The monoisotopic (exact) mass is 319 g/mol. The number of carbonyl (C=O) groups is 1. The molecule has 0 bridgehead atoms. The highest BCUT2D eigenvalue weighted by atomic mass is 19.4. The van der Waals surface area contributed by atoms with Gasteiger partial charge in [0.2, 0.25) is 11.2 Å². The highest BCUT2D eigenvalue weighted by Crippen LogP contribution is 2.30. The van der Waals surface area contributed by atoms with E-state index < -0.39 is 40.9 Å². The van der Waals surface area contributed by atoms with Crippen molar-refractivity contribution in [3.05, 3.63) is 27.7 Å². The Morgan fingerprint density at radius 2 is 1.81 bits per heavy atom. The highest BCUT2D eigenvalue weighted by molar-refractivity contribution is 5.90. The predicted molar refractivity (Wildman–Crippen MR) is 54.7 cm³/mol. The van der Waals surface area contributed by atoms with Gasteiger partial charge in [0, 0.05) is 6.20 Å². The first-order valence-corrected chi connectivity index (χ1v) is 5.23. The molecule has 11 heteroatoms. The number of aromatic nitrogens is 1. The summed E-state index contributed by atoms with van der Waals surface area (Å²) in [5.74, 6) is -3.28. The Bertz CT molecular complexity index is 589. The van der Waals surface area contributed by atoms with Crippen LogP contribution in [-0.4, -0.2) is 23.9 Å². The van der Waals surface area contributed by atoms with Gasteiger partial charge in [-0.15, -0.1) is 13.2 Å². The van der Waals surface area contributed by atoms with Crippen LogP contribution in [0, 0.1) is 0 Å². The van der Waals surface area contributed by atoms with E-state index in [-0.39, 0.29) is 12.8 Å². The normalized spacial score (nSPS) is 12.1. The van der Waals surface area contributed by atoms with Crippen LogP contribution in [0.4, 0.5) is 26.3 Å². The Hall–Kier alpha value is -2.20. The summed E-state index contributed by atoms with van der Waals surface area (Å²) in [5, 5.41) is 0. The minimum absolute atomic E-state index is 0.0673. The zero-order valence-electron chi connectivity index (χ0n) is 10.2. The van der Waals surface area contributed by atoms with E-state index in [1.807, 2.05) is 0 Å². The molecule has 1 aromatic heterocycles. The average Bonchev–Trinajstić information content (AvgIpc) is 2.28. The van der Waals surface area contributed by atoms with Crippen molar-refractivity contribution in [1.82, 2.24) is 4.98 Å². The van der Waals surface area contributed by atoms with Crippen molar-refractivity contribution in [2.75, 3.05) is 6.61 Å². The maximum absolute atomic E-state index is 12.5. The predicted octanol–water partition coefficient (Wildman–Crippen LogP) is 2.47. The lowest BCUT2D eigenvalue weighted by Gasteiger charge is -2.14. The molecule has 0 radical (unpaired) electrons. The molecule has 0 aliphatic rings. The van der Waals surface area contributed by atoms with Crippen molar-refractivity contribution in [3.63, 3.8) is 0 Å². The van der Waals surface area contributed by atoms with E-state index in [2.05, 4.69) is 9.47 Å². The molecule has 0 fully saturated rings. The maximum Gasteiger partial charge on any atom is 0.573 e. The first kappa shape index (κ1) is 16.9. The average molecular weight is 319 g/mol. The molecule has 0 saturated heterocycles. The third-order valence-electron chi connectivity index (χ3n) is 2.04. The number of ether oxygens (including phenoxy) is 2. The quantitative estimate of drug-likeness (QED) is 0.686. The van der Waals surface area contributed by atoms with Crippen LogP contribution >= 0.6 is 0 Å². The van der Waals surface area contributed by atoms with E-state index in [1.165, 1.54) is 6.92 Å². The minimum Gasteiger partial charge on any atom is -0.461 e. The molecular formula is C10H7F6NO4. The van der Waals surface area contributed by atoms with Gasteiger partial charge in [-0.25, -0.2) is 4.79 Å². The van der Waals surface area contributed by atoms with Gasteiger partial charge >= 0.3 is 18.5 Å². The third-order valence-corrected chi connectivity index (χ3v) is 2.04. The van der Waals surface area contributed by atoms with Crippen LogP contribution in [0.15, 0.2) is 11.0 Å². The molecule has 0 amide bonds. The van der Waals surface area contributed by atoms with Crippen LogP contribution in [0.2, 0.25) is 0 Å². The van der Waals surface area contributed by atoms with Gasteiger partial charge < -0.3 is 14.5 Å². The van der Waals surface area contributed by atoms with Crippen LogP contribution < -0.4 is 10.2 Å². The summed E-state index contributed by atoms with van der Waals surface area (Å²) in [6.45, 7) is 1.04. The summed E-state index contributed by atoms with van der Waals surface area (Å²) < 4.78 is 81.5. The van der Waals surface area contributed by atoms with Crippen molar-refractivity contribution in [3.8, 4) is 5.75 Å². The number of pyridine rings is 1. The number of carbonyl (C=O) groups excluding carboxylic acids is 1. The number of alkyl halides is 6. The third kappa shape index (κ3) is 4.13. The minimum atomic E-state index is -5.46. The summed E-state index contributed by atoms with van der Waals surface area (Å²) in [6.07, 6.45) is -10.6. The lowest BCUT2D eigenvalue weighted by atomic mass is 10.2. The molecule has 0 unspecified atom stereocenters. The Morgan fingerprint density at radius 3 is 2.24 bits per heavy atom. The molecule has 118 valence electrons. The molecule has 0 aromatic carbocycles. The molecule has 0 saturated carbocycles. The Kier molecular flexibility index (Phi) is 4.54. The van der Waals surface area contributed by atoms with Crippen molar-refractivity contribution in [2.45, 2.75) is 19.5 Å². The van der Waals surface area contributed by atoms with Crippen LogP contribution in [0.5, 0.6) is 5.75 Å². The summed E-state index contributed by atoms with van der Waals surface area (Å²) in [4.78, 5) is 24.4. The maximum atomic E-state index is 12.5. The fourth-order valence-electron chi connectivity index (χ4n) is 1.29. The standard InChI is InChI=1S/C10H7F6NO4/c1-2-20-8(19)5-7(21-10(14,15)16)6(18)4(3-17-5)9(11,12)13/h3H,2H2,1H3,(H,17,18). The molecule has 0 atom stereocenters. The second-order valence-corrected chi connectivity index (χ2v) is 3.50. The smallest absolute Gasteiger partial charge is 0.461 e. The molecule has 1 rings (SSSR count). The zero-order valence-corrected chi connectivity index (χ0v) is 10.2. The summed E-state index contributed by atoms with van der Waals surface area (Å²) in [5.41, 5.74) is -5.22. The van der Waals surface area contributed by atoms with Gasteiger partial charge in [0.1, 0.15) is 5.56 Å². The van der Waals surface area contributed by atoms with Crippen molar-refractivity contribution >= 4 is 5.97 Å². The van der Waals surface area contributed by atoms with Gasteiger partial charge in [-0.1, -0.05) is 0 Å². The van der Waals surface area contributed by atoms with Gasteiger partial charge in [-0.05, 0) is 6.92 Å². The number of nitrogens with one attached hydrogen (secondary N) is 1. The highest BCUT2D eigenvalue weighted by Gasteiger charge is 2.40. The molecule has 0 aliphatic carbocycles. The first-order chi connectivity index (χ1) is 9.47. The zero-order chi connectivity index (χ0) is 16.4. The number of rotatable bonds is 3. The first-order valence-electron chi connectivity index (χ1n) is 5.23. The Labute approximate surface area is 112 Å². The van der Waals surface area contributed by atoms with E-state index >= 15 is 0 Å². The molecule has 1 heterocycles. The van der Waals surface area contributed by atoms with Gasteiger partial charge in [-0.2, -0.15) is 13.2 Å². The fraction of sp³-hybridized carbons (Fsp3) is 0.400. The van der Waals surface area contributed by atoms with E-state index in [1.54, 1.807) is 4.98 Å². The molecule has 5 nitrogen and oxygen atoms in total. The second-order valence-electron chi connectivity index (χ2n) is 3.50. The van der Waals surface area contributed by atoms with Crippen molar-refractivity contribution in [2.24, 2.45) is 0 Å².